The van der Waals surface area contributed by atoms with Gasteiger partial charge in [0.2, 0.25) is 0 Å². The monoisotopic (exact) mass is 351 g/mol. The highest BCUT2D eigenvalue weighted by atomic mass is 32.2. The second kappa shape index (κ2) is 6.68. The molecule has 0 bridgehead atoms. The van der Waals surface area contributed by atoms with Crippen molar-refractivity contribution in [1.82, 2.24) is 0 Å². The third-order valence-electron chi connectivity index (χ3n) is 3.75. The van der Waals surface area contributed by atoms with Crippen molar-refractivity contribution >= 4 is 11.4 Å². The quantitative estimate of drug-likeness (QED) is 0.800. The van der Waals surface area contributed by atoms with E-state index in [-0.39, 0.29) is 17.9 Å². The molecule has 2 aromatic carbocycles. The van der Waals surface area contributed by atoms with Crippen molar-refractivity contribution < 1.29 is 32.6 Å². The number of aliphatic hydroxyl groups is 1. The molecule has 3 rings (SSSR count). The molecule has 2 aromatic rings. The van der Waals surface area contributed by atoms with Crippen molar-refractivity contribution in [3.05, 3.63) is 47.5 Å². The third kappa shape index (κ3) is 3.30. The molecule has 0 amide bonds. The van der Waals surface area contributed by atoms with E-state index in [1.165, 1.54) is 13.2 Å². The molecule has 8 heteroatoms. The van der Waals surface area contributed by atoms with Gasteiger partial charge < -0.3 is 23.9 Å². The highest BCUT2D eigenvalue weighted by Crippen LogP contribution is 2.41. The van der Waals surface area contributed by atoms with E-state index >= 15 is 0 Å². The summed E-state index contributed by atoms with van der Waals surface area (Å²) in [5.74, 6) is 0.351. The van der Waals surface area contributed by atoms with E-state index in [9.17, 15) is 14.4 Å². The van der Waals surface area contributed by atoms with Crippen LogP contribution in [-0.4, -0.2) is 27.1 Å². The Bertz CT molecular complexity index is 777. The van der Waals surface area contributed by atoms with Gasteiger partial charge in [-0.1, -0.05) is 17.9 Å². The van der Waals surface area contributed by atoms with E-state index < -0.39 is 29.3 Å². The van der Waals surface area contributed by atoms with Gasteiger partial charge in [0.1, 0.15) is 23.4 Å². The number of ether oxygens (including phenoxy) is 2. The first kappa shape index (κ1) is 16.6. The predicted octanol–water partition coefficient (Wildman–Crippen LogP) is 1.32. The van der Waals surface area contributed by atoms with Crippen LogP contribution in [0.25, 0.3) is 0 Å². The standard InChI is InChI=1S/C16H16O7S/c1-21-10-4-2-3-9(5-10)16-14(18)8-12-13(17)6-11(23-24(19)20)7-15(12)22-16/h2-7,14,16-18H,8H2,1H3,(H,19,20)/p-1. The Morgan fingerprint density at radius 2 is 2.08 bits per heavy atom. The second-order valence-corrected chi connectivity index (χ2v) is 5.89. The van der Waals surface area contributed by atoms with Gasteiger partial charge in [-0.2, -0.15) is 4.21 Å². The van der Waals surface area contributed by atoms with E-state index in [1.807, 2.05) is 0 Å². The molecule has 2 N–H and O–H groups in total. The summed E-state index contributed by atoms with van der Waals surface area (Å²) < 4.78 is 35.1. The fourth-order valence-corrected chi connectivity index (χ4v) is 2.93. The lowest BCUT2D eigenvalue weighted by molar-refractivity contribution is -0.270. The maximum atomic E-state index is 12.1. The molecule has 0 saturated heterocycles. The van der Waals surface area contributed by atoms with Crippen LogP contribution in [0.1, 0.15) is 17.2 Å². The zero-order valence-corrected chi connectivity index (χ0v) is 13.5. The summed E-state index contributed by atoms with van der Waals surface area (Å²) in [6.45, 7) is 0. The fraction of sp³-hybridized carbons (Fsp3) is 0.250. The SMILES string of the molecule is COc1cccc(C2Oc3cc(OS(=O)O)cc([O-])c3CC2O)c1. The number of aliphatic hydroxyl groups excluding tert-OH is 1. The summed E-state index contributed by atoms with van der Waals surface area (Å²) >= 11 is -2.54. The minimum absolute atomic E-state index is 0.0691. The topological polar surface area (TPSA) is 108 Å². The largest absolute Gasteiger partial charge is 0.872 e. The smallest absolute Gasteiger partial charge is 0.357 e. The maximum absolute atomic E-state index is 12.1. The number of methoxy groups -OCH3 is 1. The summed E-state index contributed by atoms with van der Waals surface area (Å²) in [4.78, 5) is 0. The highest BCUT2D eigenvalue weighted by Gasteiger charge is 2.31. The molecule has 24 heavy (non-hydrogen) atoms. The lowest BCUT2D eigenvalue weighted by Crippen LogP contribution is -2.31. The molecule has 1 aliphatic rings. The molecule has 1 aliphatic heterocycles. The van der Waals surface area contributed by atoms with Crippen LogP contribution in [0.2, 0.25) is 0 Å². The van der Waals surface area contributed by atoms with Gasteiger partial charge in [0, 0.05) is 12.5 Å². The predicted molar refractivity (Wildman–Crippen MR) is 83.4 cm³/mol. The van der Waals surface area contributed by atoms with E-state index in [0.717, 1.165) is 6.07 Å². The first-order valence-electron chi connectivity index (χ1n) is 7.09. The first-order chi connectivity index (χ1) is 11.5. The summed E-state index contributed by atoms with van der Waals surface area (Å²) in [7, 11) is 1.54. The lowest BCUT2D eigenvalue weighted by atomic mass is 9.94. The molecular formula is C16H15O7S-. The van der Waals surface area contributed by atoms with Gasteiger partial charge in [-0.05, 0) is 29.3 Å². The van der Waals surface area contributed by atoms with Gasteiger partial charge in [0.05, 0.1) is 13.2 Å². The number of benzene rings is 2. The molecule has 3 atom stereocenters. The Morgan fingerprint density at radius 1 is 1.29 bits per heavy atom. The zero-order valence-electron chi connectivity index (χ0n) is 12.7. The Labute approximate surface area is 140 Å². The van der Waals surface area contributed by atoms with E-state index in [4.69, 9.17) is 14.0 Å². The number of hydrogen-bond donors (Lipinski definition) is 2. The minimum atomic E-state index is -2.54. The third-order valence-corrected chi connectivity index (χ3v) is 4.08. The average Bonchev–Trinajstić information content (AvgIpc) is 2.54. The van der Waals surface area contributed by atoms with Crippen LogP contribution >= 0.6 is 0 Å². The van der Waals surface area contributed by atoms with Crippen molar-refractivity contribution in [1.29, 1.82) is 0 Å². The average molecular weight is 351 g/mol. The molecule has 0 spiro atoms. The van der Waals surface area contributed by atoms with Crippen LogP contribution in [0.15, 0.2) is 36.4 Å². The summed E-state index contributed by atoms with van der Waals surface area (Å²) in [6, 6.07) is 9.51. The van der Waals surface area contributed by atoms with Crippen LogP contribution < -0.4 is 18.8 Å². The van der Waals surface area contributed by atoms with Gasteiger partial charge in [-0.15, -0.1) is 0 Å². The van der Waals surface area contributed by atoms with Crippen molar-refractivity contribution in [3.8, 4) is 23.0 Å². The lowest BCUT2D eigenvalue weighted by Gasteiger charge is -2.33. The van der Waals surface area contributed by atoms with Gasteiger partial charge in [-0.3, -0.25) is 4.55 Å². The number of hydrogen-bond acceptors (Lipinski definition) is 6. The zero-order chi connectivity index (χ0) is 17.3. The Kier molecular flexibility index (Phi) is 4.61. The van der Waals surface area contributed by atoms with Crippen LogP contribution in [0.5, 0.6) is 23.0 Å². The summed E-state index contributed by atoms with van der Waals surface area (Å²) in [5, 5.41) is 22.4. The Morgan fingerprint density at radius 3 is 2.79 bits per heavy atom. The van der Waals surface area contributed by atoms with Crippen molar-refractivity contribution in [2.45, 2.75) is 18.6 Å². The Hall–Kier alpha value is -2.29. The number of fused-ring (bicyclic) bond motifs is 1. The molecule has 0 fully saturated rings. The molecule has 128 valence electrons. The Balaban J connectivity index is 1.95. The molecule has 0 saturated carbocycles. The maximum Gasteiger partial charge on any atom is 0.357 e. The van der Waals surface area contributed by atoms with Gasteiger partial charge in [-0.25, -0.2) is 0 Å². The van der Waals surface area contributed by atoms with Crippen LogP contribution in [0.3, 0.4) is 0 Å². The van der Waals surface area contributed by atoms with E-state index in [2.05, 4.69) is 4.18 Å². The minimum Gasteiger partial charge on any atom is -0.872 e. The second-order valence-electron chi connectivity index (χ2n) is 5.29. The molecule has 1 heterocycles. The van der Waals surface area contributed by atoms with Gasteiger partial charge >= 0.3 is 11.4 Å². The fourth-order valence-electron chi connectivity index (χ4n) is 2.67. The molecule has 3 unspecified atom stereocenters. The molecule has 7 nitrogen and oxygen atoms in total. The summed E-state index contributed by atoms with van der Waals surface area (Å²) in [5.41, 5.74) is 0.995. The van der Waals surface area contributed by atoms with Gasteiger partial charge in [0.15, 0.2) is 0 Å². The normalized spacial score (nSPS) is 20.6. The van der Waals surface area contributed by atoms with E-state index in [0.29, 0.717) is 16.9 Å². The summed E-state index contributed by atoms with van der Waals surface area (Å²) in [6.07, 6.45) is -1.49. The van der Waals surface area contributed by atoms with Crippen LogP contribution in [-0.2, 0) is 17.8 Å². The molecule has 0 radical (unpaired) electrons. The van der Waals surface area contributed by atoms with Crippen LogP contribution in [0, 0.1) is 0 Å². The van der Waals surface area contributed by atoms with Crippen LogP contribution in [0.4, 0.5) is 0 Å². The van der Waals surface area contributed by atoms with Crippen molar-refractivity contribution in [2.75, 3.05) is 7.11 Å². The molecular weight excluding hydrogens is 336 g/mol. The number of rotatable bonds is 4. The highest BCUT2D eigenvalue weighted by molar-refractivity contribution is 7.74. The van der Waals surface area contributed by atoms with Gasteiger partial charge in [0.25, 0.3) is 0 Å². The van der Waals surface area contributed by atoms with Crippen molar-refractivity contribution in [3.63, 3.8) is 0 Å². The molecule has 0 aromatic heterocycles. The molecule has 0 aliphatic carbocycles. The van der Waals surface area contributed by atoms with E-state index in [1.54, 1.807) is 24.3 Å². The first-order valence-corrected chi connectivity index (χ1v) is 8.13. The van der Waals surface area contributed by atoms with Crippen molar-refractivity contribution in [2.24, 2.45) is 0 Å².